The molecule has 4 heteroatoms. The zero-order valence-electron chi connectivity index (χ0n) is 18.4. The Bertz CT molecular complexity index is 1040. The van der Waals surface area contributed by atoms with Crippen LogP contribution in [0.4, 0.5) is 0 Å². The zero-order chi connectivity index (χ0) is 22.4. The quantitative estimate of drug-likeness (QED) is 0.349. The second kappa shape index (κ2) is 10.4. The normalized spacial score (nSPS) is 11.0. The number of hydrogen-bond acceptors (Lipinski definition) is 4. The maximum Gasteiger partial charge on any atom is 0.178 e. The van der Waals surface area contributed by atoms with Crippen molar-refractivity contribution in [1.29, 1.82) is 0 Å². The van der Waals surface area contributed by atoms with E-state index >= 15 is 0 Å². The van der Waals surface area contributed by atoms with Gasteiger partial charge in [-0.1, -0.05) is 63.2 Å². The van der Waals surface area contributed by atoms with Gasteiger partial charge in [0.2, 0.25) is 0 Å². The largest absolute Gasteiger partial charge is 0.489 e. The molecule has 0 unspecified atom stereocenters. The lowest BCUT2D eigenvalue weighted by Crippen LogP contribution is -2.01. The van der Waals surface area contributed by atoms with Gasteiger partial charge >= 0.3 is 0 Å². The van der Waals surface area contributed by atoms with Gasteiger partial charge in [-0.15, -0.1) is 0 Å². The first kappa shape index (κ1) is 22.7. The number of benzene rings is 3. The molecule has 0 heterocycles. The summed E-state index contributed by atoms with van der Waals surface area (Å²) in [5, 5.41) is 18.4. The van der Waals surface area contributed by atoms with E-state index in [-0.39, 0.29) is 5.78 Å². The van der Waals surface area contributed by atoms with Gasteiger partial charge in [-0.05, 0) is 58.9 Å². The number of aliphatic hydroxyl groups excluding tert-OH is 1. The third-order valence-electron chi connectivity index (χ3n) is 5.57. The minimum atomic E-state index is -1.47. The Morgan fingerprint density at radius 2 is 1.55 bits per heavy atom. The van der Waals surface area contributed by atoms with Gasteiger partial charge in [0.1, 0.15) is 12.4 Å². The highest BCUT2D eigenvalue weighted by atomic mass is 16.5. The Morgan fingerprint density at radius 1 is 0.839 bits per heavy atom. The summed E-state index contributed by atoms with van der Waals surface area (Å²) in [5.41, 5.74) is 6.83. The fraction of sp³-hybridized carbons (Fsp3) is 0.296. The van der Waals surface area contributed by atoms with Crippen LogP contribution in [0.25, 0.3) is 11.1 Å². The van der Waals surface area contributed by atoms with Gasteiger partial charge in [-0.3, -0.25) is 4.79 Å². The number of Topliss-reactive ketones (excluding diaryl/α,β-unsaturated/α-hetero) is 1. The summed E-state index contributed by atoms with van der Waals surface area (Å²) in [6.07, 6.45) is 0.784. The lowest BCUT2D eigenvalue weighted by Gasteiger charge is -2.16. The SMILES string of the molecule is CCC(=O)c1ccc(-c2cc(OCc3ccc(C(O)O)cc3)ccc2CC)c(CC)c1. The molecule has 0 aliphatic carbocycles. The van der Waals surface area contributed by atoms with E-state index in [1.54, 1.807) is 12.1 Å². The average molecular weight is 419 g/mol. The highest BCUT2D eigenvalue weighted by Crippen LogP contribution is 2.32. The lowest BCUT2D eigenvalue weighted by atomic mass is 9.91. The molecule has 0 saturated carbocycles. The number of hydrogen-bond donors (Lipinski definition) is 2. The third-order valence-corrected chi connectivity index (χ3v) is 5.57. The lowest BCUT2D eigenvalue weighted by molar-refractivity contribution is -0.0425. The van der Waals surface area contributed by atoms with Crippen LogP contribution in [-0.2, 0) is 19.4 Å². The van der Waals surface area contributed by atoms with E-state index in [1.165, 1.54) is 5.56 Å². The standard InChI is InChI=1S/C27H30O4/c1-4-19-11-13-23(31-17-18-7-9-21(10-8-18)27(29)30)16-25(19)24-14-12-22(26(28)6-3)15-20(24)5-2/h7-16,27,29-30H,4-6,17H2,1-3H3. The van der Waals surface area contributed by atoms with Crippen LogP contribution in [0.5, 0.6) is 5.75 Å². The Balaban J connectivity index is 1.88. The van der Waals surface area contributed by atoms with Gasteiger partial charge in [-0.25, -0.2) is 0 Å². The number of aliphatic hydroxyl groups is 2. The number of rotatable bonds is 9. The molecular weight excluding hydrogens is 388 g/mol. The molecule has 162 valence electrons. The second-order valence-corrected chi connectivity index (χ2v) is 7.58. The van der Waals surface area contributed by atoms with Crippen LogP contribution in [-0.4, -0.2) is 16.0 Å². The van der Waals surface area contributed by atoms with E-state index in [4.69, 9.17) is 4.74 Å². The summed E-state index contributed by atoms with van der Waals surface area (Å²) in [4.78, 5) is 12.1. The monoisotopic (exact) mass is 418 g/mol. The highest BCUT2D eigenvalue weighted by molar-refractivity contribution is 5.96. The van der Waals surface area contributed by atoms with Crippen molar-refractivity contribution in [3.8, 4) is 16.9 Å². The van der Waals surface area contributed by atoms with Crippen molar-refractivity contribution in [3.05, 3.63) is 88.5 Å². The molecule has 0 atom stereocenters. The topological polar surface area (TPSA) is 66.8 Å². The van der Waals surface area contributed by atoms with Crippen LogP contribution in [0.1, 0.15) is 66.1 Å². The second-order valence-electron chi connectivity index (χ2n) is 7.58. The van der Waals surface area contributed by atoms with Crippen molar-refractivity contribution >= 4 is 5.78 Å². The van der Waals surface area contributed by atoms with Crippen molar-refractivity contribution < 1.29 is 19.7 Å². The molecule has 0 saturated heterocycles. The van der Waals surface area contributed by atoms with Crippen LogP contribution >= 0.6 is 0 Å². The predicted molar refractivity (Wildman–Crippen MR) is 123 cm³/mol. The van der Waals surface area contributed by atoms with E-state index in [1.807, 2.05) is 37.3 Å². The van der Waals surface area contributed by atoms with Crippen molar-refractivity contribution in [2.75, 3.05) is 0 Å². The van der Waals surface area contributed by atoms with Crippen LogP contribution < -0.4 is 4.74 Å². The fourth-order valence-corrected chi connectivity index (χ4v) is 3.68. The van der Waals surface area contributed by atoms with E-state index < -0.39 is 6.29 Å². The molecule has 31 heavy (non-hydrogen) atoms. The van der Waals surface area contributed by atoms with Gasteiger partial charge in [-0.2, -0.15) is 0 Å². The van der Waals surface area contributed by atoms with Crippen LogP contribution in [0.15, 0.2) is 60.7 Å². The summed E-state index contributed by atoms with van der Waals surface area (Å²) in [6, 6.07) is 19.2. The molecule has 3 aromatic rings. The number of aryl methyl sites for hydroxylation is 2. The van der Waals surface area contributed by atoms with Crippen LogP contribution in [0.3, 0.4) is 0 Å². The van der Waals surface area contributed by atoms with Crippen molar-refractivity contribution in [3.63, 3.8) is 0 Å². The molecular formula is C27H30O4. The van der Waals surface area contributed by atoms with Crippen LogP contribution in [0, 0.1) is 0 Å². The smallest absolute Gasteiger partial charge is 0.178 e. The number of carbonyl (C=O) groups is 1. The number of ether oxygens (including phenoxy) is 1. The molecule has 0 amide bonds. The molecule has 4 nitrogen and oxygen atoms in total. The van der Waals surface area contributed by atoms with E-state index in [9.17, 15) is 15.0 Å². The van der Waals surface area contributed by atoms with Gasteiger partial charge in [0.15, 0.2) is 12.1 Å². The molecule has 0 radical (unpaired) electrons. The Hall–Kier alpha value is -2.95. The molecule has 3 rings (SSSR count). The summed E-state index contributed by atoms with van der Waals surface area (Å²) in [6.45, 7) is 6.52. The van der Waals surface area contributed by atoms with E-state index in [0.29, 0.717) is 18.6 Å². The minimum absolute atomic E-state index is 0.161. The summed E-state index contributed by atoms with van der Waals surface area (Å²) in [5.74, 6) is 0.933. The molecule has 2 N–H and O–H groups in total. The molecule has 0 fully saturated rings. The van der Waals surface area contributed by atoms with Crippen molar-refractivity contribution in [2.24, 2.45) is 0 Å². The molecule has 0 aromatic heterocycles. The molecule has 0 aliphatic heterocycles. The molecule has 0 spiro atoms. The predicted octanol–water partition coefficient (Wildman–Crippen LogP) is 5.63. The maximum absolute atomic E-state index is 12.1. The first-order chi connectivity index (χ1) is 15.0. The third kappa shape index (κ3) is 5.40. The van der Waals surface area contributed by atoms with Gasteiger partial charge in [0, 0.05) is 17.5 Å². The summed E-state index contributed by atoms with van der Waals surface area (Å²) >= 11 is 0. The zero-order valence-corrected chi connectivity index (χ0v) is 18.4. The Morgan fingerprint density at radius 3 is 2.16 bits per heavy atom. The minimum Gasteiger partial charge on any atom is -0.489 e. The Labute approximate surface area is 184 Å². The van der Waals surface area contributed by atoms with E-state index in [2.05, 4.69) is 32.0 Å². The van der Waals surface area contributed by atoms with Gasteiger partial charge in [0.25, 0.3) is 0 Å². The molecule has 0 aliphatic rings. The highest BCUT2D eigenvalue weighted by Gasteiger charge is 2.13. The van der Waals surface area contributed by atoms with Crippen molar-refractivity contribution in [1.82, 2.24) is 0 Å². The average Bonchev–Trinajstić information content (AvgIpc) is 2.81. The number of ketones is 1. The van der Waals surface area contributed by atoms with E-state index in [0.717, 1.165) is 46.4 Å². The summed E-state index contributed by atoms with van der Waals surface area (Å²) in [7, 11) is 0. The molecule has 3 aromatic carbocycles. The molecule has 0 bridgehead atoms. The number of carbonyl (C=O) groups excluding carboxylic acids is 1. The van der Waals surface area contributed by atoms with Gasteiger partial charge < -0.3 is 14.9 Å². The Kier molecular flexibility index (Phi) is 7.61. The van der Waals surface area contributed by atoms with Crippen LogP contribution in [0.2, 0.25) is 0 Å². The van der Waals surface area contributed by atoms with Crippen molar-refractivity contribution in [2.45, 2.75) is 52.9 Å². The van der Waals surface area contributed by atoms with Gasteiger partial charge in [0.05, 0.1) is 0 Å². The first-order valence-electron chi connectivity index (χ1n) is 10.8. The summed E-state index contributed by atoms with van der Waals surface area (Å²) < 4.78 is 6.03. The maximum atomic E-state index is 12.1. The first-order valence-corrected chi connectivity index (χ1v) is 10.8. The fourth-order valence-electron chi connectivity index (χ4n) is 3.68.